The van der Waals surface area contributed by atoms with Crippen LogP contribution in [0.5, 0.6) is 0 Å². The van der Waals surface area contributed by atoms with Crippen molar-refractivity contribution in [2.24, 2.45) is 5.92 Å². The molecular weight excluding hydrogens is 268 g/mol. The summed E-state index contributed by atoms with van der Waals surface area (Å²) in [5, 5.41) is 0. The first-order valence-corrected chi connectivity index (χ1v) is 7.98. The molecule has 3 fully saturated rings. The standard InChI is InChI=1S/C16H22N2O3/c19-16(15-2-1-7-20-15)18-6-5-17-10-14(8-13(17)9-18)21-11-12-3-4-12/h1-2,7,12-14H,3-6,8-11H2. The Bertz CT molecular complexity index is 498. The fraction of sp³-hybridized carbons (Fsp3) is 0.688. The maximum Gasteiger partial charge on any atom is 0.289 e. The molecule has 0 bridgehead atoms. The van der Waals surface area contributed by atoms with Crippen LogP contribution in [0.4, 0.5) is 0 Å². The summed E-state index contributed by atoms with van der Waals surface area (Å²) in [5.74, 6) is 1.28. The summed E-state index contributed by atoms with van der Waals surface area (Å²) in [6.07, 6.45) is 5.64. The molecule has 3 heterocycles. The molecule has 3 aliphatic rings. The van der Waals surface area contributed by atoms with Crippen molar-refractivity contribution in [1.82, 2.24) is 9.80 Å². The zero-order chi connectivity index (χ0) is 14.2. The van der Waals surface area contributed by atoms with E-state index in [2.05, 4.69) is 4.90 Å². The van der Waals surface area contributed by atoms with Crippen LogP contribution in [-0.2, 0) is 4.74 Å². The van der Waals surface area contributed by atoms with Crippen LogP contribution < -0.4 is 0 Å². The van der Waals surface area contributed by atoms with Crippen LogP contribution in [-0.4, -0.2) is 60.6 Å². The van der Waals surface area contributed by atoms with Crippen molar-refractivity contribution in [1.29, 1.82) is 0 Å². The Labute approximate surface area is 124 Å². The number of carbonyl (C=O) groups is 1. The van der Waals surface area contributed by atoms with E-state index in [0.717, 1.165) is 45.1 Å². The number of fused-ring (bicyclic) bond motifs is 1. The first kappa shape index (κ1) is 13.3. The lowest BCUT2D eigenvalue weighted by Crippen LogP contribution is -2.52. The predicted octanol–water partition coefficient (Wildman–Crippen LogP) is 1.60. The molecule has 0 spiro atoms. The molecule has 2 atom stereocenters. The minimum absolute atomic E-state index is 0.0157. The molecule has 1 aromatic rings. The van der Waals surface area contributed by atoms with Gasteiger partial charge < -0.3 is 14.1 Å². The number of nitrogens with zero attached hydrogens (tertiary/aromatic N) is 2. The van der Waals surface area contributed by atoms with Gasteiger partial charge in [0.2, 0.25) is 0 Å². The van der Waals surface area contributed by atoms with E-state index in [0.29, 0.717) is 17.9 Å². The van der Waals surface area contributed by atoms with Crippen LogP contribution in [0.2, 0.25) is 0 Å². The van der Waals surface area contributed by atoms with Crippen molar-refractivity contribution in [2.75, 3.05) is 32.8 Å². The molecule has 5 heteroatoms. The lowest BCUT2D eigenvalue weighted by atomic mass is 10.1. The zero-order valence-corrected chi connectivity index (χ0v) is 12.2. The third-order valence-corrected chi connectivity index (χ3v) is 4.86. The van der Waals surface area contributed by atoms with Gasteiger partial charge in [-0.05, 0) is 37.3 Å². The van der Waals surface area contributed by atoms with Gasteiger partial charge in [-0.25, -0.2) is 0 Å². The molecule has 1 aromatic heterocycles. The summed E-state index contributed by atoms with van der Waals surface area (Å²) in [7, 11) is 0. The van der Waals surface area contributed by atoms with Gasteiger partial charge >= 0.3 is 0 Å². The molecule has 4 rings (SSSR count). The molecule has 0 N–H and O–H groups in total. The number of ether oxygens (including phenoxy) is 1. The summed E-state index contributed by atoms with van der Waals surface area (Å²) in [6.45, 7) is 4.48. The van der Waals surface area contributed by atoms with Crippen molar-refractivity contribution in [3.63, 3.8) is 0 Å². The molecule has 0 aromatic carbocycles. The van der Waals surface area contributed by atoms with E-state index in [9.17, 15) is 4.79 Å². The van der Waals surface area contributed by atoms with Crippen LogP contribution in [0.25, 0.3) is 0 Å². The minimum atomic E-state index is 0.0157. The van der Waals surface area contributed by atoms with Crippen LogP contribution in [0.1, 0.15) is 29.8 Å². The Kier molecular flexibility index (Phi) is 3.47. The van der Waals surface area contributed by atoms with Crippen molar-refractivity contribution >= 4 is 5.91 Å². The quantitative estimate of drug-likeness (QED) is 0.845. The number of rotatable bonds is 4. The topological polar surface area (TPSA) is 45.9 Å². The number of furan rings is 1. The van der Waals surface area contributed by atoms with Crippen molar-refractivity contribution in [3.8, 4) is 0 Å². The molecule has 5 nitrogen and oxygen atoms in total. The highest BCUT2D eigenvalue weighted by molar-refractivity contribution is 5.91. The zero-order valence-electron chi connectivity index (χ0n) is 12.2. The van der Waals surface area contributed by atoms with E-state index >= 15 is 0 Å². The van der Waals surface area contributed by atoms with Crippen LogP contribution >= 0.6 is 0 Å². The lowest BCUT2D eigenvalue weighted by molar-refractivity contribution is 0.0483. The normalized spacial score (nSPS) is 29.6. The van der Waals surface area contributed by atoms with E-state index in [1.165, 1.54) is 12.8 Å². The van der Waals surface area contributed by atoms with Gasteiger partial charge in [-0.1, -0.05) is 0 Å². The maximum atomic E-state index is 12.3. The molecule has 1 amide bonds. The molecule has 1 aliphatic carbocycles. The second kappa shape index (κ2) is 5.46. The van der Waals surface area contributed by atoms with E-state index in [1.807, 2.05) is 4.90 Å². The van der Waals surface area contributed by atoms with E-state index in [-0.39, 0.29) is 5.91 Å². The molecule has 21 heavy (non-hydrogen) atoms. The van der Waals surface area contributed by atoms with E-state index in [1.54, 1.807) is 18.4 Å². The monoisotopic (exact) mass is 290 g/mol. The minimum Gasteiger partial charge on any atom is -0.459 e. The average Bonchev–Trinajstić information content (AvgIpc) is 3.02. The number of hydrogen-bond acceptors (Lipinski definition) is 4. The summed E-state index contributed by atoms with van der Waals surface area (Å²) in [5.41, 5.74) is 0. The molecule has 2 saturated heterocycles. The third-order valence-electron chi connectivity index (χ3n) is 4.86. The van der Waals surface area contributed by atoms with Crippen molar-refractivity contribution in [2.45, 2.75) is 31.4 Å². The van der Waals surface area contributed by atoms with Crippen LogP contribution in [0.15, 0.2) is 22.8 Å². The first-order chi connectivity index (χ1) is 10.3. The van der Waals surface area contributed by atoms with Crippen molar-refractivity contribution < 1.29 is 13.9 Å². The second-order valence-corrected chi connectivity index (χ2v) is 6.51. The first-order valence-electron chi connectivity index (χ1n) is 7.98. The SMILES string of the molecule is O=C(c1ccco1)N1CCN2CC(OCC3CC3)CC2C1. The average molecular weight is 290 g/mol. The second-order valence-electron chi connectivity index (χ2n) is 6.51. The Morgan fingerprint density at radius 3 is 3.00 bits per heavy atom. The van der Waals surface area contributed by atoms with Gasteiger partial charge in [-0.2, -0.15) is 0 Å². The van der Waals surface area contributed by atoms with Crippen LogP contribution in [0.3, 0.4) is 0 Å². The predicted molar refractivity (Wildman–Crippen MR) is 77.1 cm³/mol. The van der Waals surface area contributed by atoms with Gasteiger partial charge in [0.25, 0.3) is 5.91 Å². The van der Waals surface area contributed by atoms with Gasteiger partial charge in [0.15, 0.2) is 5.76 Å². The summed E-state index contributed by atoms with van der Waals surface area (Å²) in [4.78, 5) is 16.7. The Balaban J connectivity index is 1.33. The summed E-state index contributed by atoms with van der Waals surface area (Å²) >= 11 is 0. The maximum absolute atomic E-state index is 12.3. The molecular formula is C16H22N2O3. The van der Waals surface area contributed by atoms with Gasteiger partial charge in [-0.3, -0.25) is 9.69 Å². The Hall–Kier alpha value is -1.33. The number of amides is 1. The fourth-order valence-electron chi connectivity index (χ4n) is 3.41. The Morgan fingerprint density at radius 1 is 1.33 bits per heavy atom. The van der Waals surface area contributed by atoms with Gasteiger partial charge in [0.05, 0.1) is 12.4 Å². The molecule has 2 unspecified atom stereocenters. The lowest BCUT2D eigenvalue weighted by Gasteiger charge is -2.36. The highest BCUT2D eigenvalue weighted by Crippen LogP contribution is 2.31. The van der Waals surface area contributed by atoms with E-state index in [4.69, 9.17) is 9.15 Å². The number of carbonyl (C=O) groups excluding carboxylic acids is 1. The Morgan fingerprint density at radius 2 is 2.24 bits per heavy atom. The summed E-state index contributed by atoms with van der Waals surface area (Å²) in [6, 6.07) is 3.95. The smallest absolute Gasteiger partial charge is 0.289 e. The van der Waals surface area contributed by atoms with Crippen LogP contribution in [0, 0.1) is 5.92 Å². The van der Waals surface area contributed by atoms with Gasteiger partial charge in [0, 0.05) is 38.8 Å². The number of piperazine rings is 1. The van der Waals surface area contributed by atoms with Gasteiger partial charge in [-0.15, -0.1) is 0 Å². The van der Waals surface area contributed by atoms with Gasteiger partial charge in [0.1, 0.15) is 0 Å². The third kappa shape index (κ3) is 2.85. The molecule has 114 valence electrons. The number of hydrogen-bond donors (Lipinski definition) is 0. The molecule has 2 aliphatic heterocycles. The molecule has 1 saturated carbocycles. The largest absolute Gasteiger partial charge is 0.459 e. The highest BCUT2D eigenvalue weighted by Gasteiger charge is 2.38. The molecule has 0 radical (unpaired) electrons. The fourth-order valence-corrected chi connectivity index (χ4v) is 3.41. The van der Waals surface area contributed by atoms with E-state index < -0.39 is 0 Å². The summed E-state index contributed by atoms with van der Waals surface area (Å²) < 4.78 is 11.2. The van der Waals surface area contributed by atoms with Crippen molar-refractivity contribution in [3.05, 3.63) is 24.2 Å². The highest BCUT2D eigenvalue weighted by atomic mass is 16.5.